The van der Waals surface area contributed by atoms with E-state index in [-0.39, 0.29) is 42.7 Å². The van der Waals surface area contributed by atoms with Crippen LogP contribution in [0, 0.1) is 0 Å². The Hall–Kier alpha value is -2.15. The molecular formula is C20H26Cl2N4O2. The Morgan fingerprint density at radius 3 is 2.46 bits per heavy atom. The molecule has 0 unspecified atom stereocenters. The summed E-state index contributed by atoms with van der Waals surface area (Å²) in [6.45, 7) is 1.18. The Balaban J connectivity index is 0.00000196. The van der Waals surface area contributed by atoms with Gasteiger partial charge in [0.15, 0.2) is 0 Å². The van der Waals surface area contributed by atoms with Gasteiger partial charge in [0.1, 0.15) is 6.04 Å². The number of hydrogen-bond donors (Lipinski definition) is 2. The maximum atomic E-state index is 12.8. The lowest BCUT2D eigenvalue weighted by atomic mass is 10.0. The van der Waals surface area contributed by atoms with E-state index in [0.29, 0.717) is 6.54 Å². The molecule has 6 nitrogen and oxygen atoms in total. The van der Waals surface area contributed by atoms with Crippen molar-refractivity contribution < 1.29 is 9.59 Å². The predicted molar refractivity (Wildman–Crippen MR) is 114 cm³/mol. The van der Waals surface area contributed by atoms with Crippen molar-refractivity contribution in [3.05, 3.63) is 66.0 Å². The summed E-state index contributed by atoms with van der Waals surface area (Å²) in [6.07, 6.45) is 5.07. The summed E-state index contributed by atoms with van der Waals surface area (Å²) in [5.41, 5.74) is 1.91. The van der Waals surface area contributed by atoms with Crippen LogP contribution in [0.5, 0.6) is 0 Å². The average Bonchev–Trinajstić information content (AvgIpc) is 3.17. The minimum Gasteiger partial charge on any atom is -0.358 e. The van der Waals surface area contributed by atoms with Crippen LogP contribution in [-0.2, 0) is 16.1 Å². The van der Waals surface area contributed by atoms with Crippen LogP contribution in [-0.4, -0.2) is 41.3 Å². The van der Waals surface area contributed by atoms with Crippen molar-refractivity contribution in [3.63, 3.8) is 0 Å². The second-order valence-corrected chi connectivity index (χ2v) is 6.40. The molecule has 152 valence electrons. The highest BCUT2D eigenvalue weighted by Crippen LogP contribution is 2.30. The van der Waals surface area contributed by atoms with Gasteiger partial charge in [0.05, 0.1) is 6.04 Å². The third-order valence-corrected chi connectivity index (χ3v) is 4.75. The molecule has 0 bridgehead atoms. The molecular weight excluding hydrogens is 399 g/mol. The molecule has 1 fully saturated rings. The fraction of sp³-hybridized carbons (Fsp3) is 0.350. The molecule has 2 N–H and O–H groups in total. The van der Waals surface area contributed by atoms with Crippen molar-refractivity contribution in [2.24, 2.45) is 0 Å². The van der Waals surface area contributed by atoms with E-state index >= 15 is 0 Å². The number of hydrogen-bond acceptors (Lipinski definition) is 4. The van der Waals surface area contributed by atoms with E-state index in [4.69, 9.17) is 0 Å². The SMILES string of the molecule is CNC(=O)[C@@H](c1ccccc1)N1CCC[C@H]1C(=O)NCc1ccncc1.Cl.Cl. The first-order valence-electron chi connectivity index (χ1n) is 8.89. The van der Waals surface area contributed by atoms with Crippen molar-refractivity contribution in [3.8, 4) is 0 Å². The monoisotopic (exact) mass is 424 g/mol. The fourth-order valence-electron chi connectivity index (χ4n) is 3.45. The van der Waals surface area contributed by atoms with Crippen LogP contribution in [0.3, 0.4) is 0 Å². The van der Waals surface area contributed by atoms with E-state index in [2.05, 4.69) is 15.6 Å². The third kappa shape index (κ3) is 5.67. The Kier molecular flexibility index (Phi) is 9.93. The van der Waals surface area contributed by atoms with E-state index < -0.39 is 6.04 Å². The van der Waals surface area contributed by atoms with E-state index in [1.165, 1.54) is 0 Å². The van der Waals surface area contributed by atoms with Crippen LogP contribution >= 0.6 is 24.8 Å². The van der Waals surface area contributed by atoms with Gasteiger partial charge < -0.3 is 10.6 Å². The molecule has 3 rings (SSSR count). The number of nitrogens with one attached hydrogen (secondary N) is 2. The molecule has 2 aromatic rings. The molecule has 0 aliphatic carbocycles. The van der Waals surface area contributed by atoms with Gasteiger partial charge in [0.25, 0.3) is 0 Å². The summed E-state index contributed by atoms with van der Waals surface area (Å²) in [5.74, 6) is -0.130. The Bertz CT molecular complexity index is 746. The van der Waals surface area contributed by atoms with Crippen molar-refractivity contribution in [2.45, 2.75) is 31.5 Å². The fourth-order valence-corrected chi connectivity index (χ4v) is 3.45. The lowest BCUT2D eigenvalue weighted by Gasteiger charge is -2.31. The minimum absolute atomic E-state index is 0. The Morgan fingerprint density at radius 1 is 1.14 bits per heavy atom. The van der Waals surface area contributed by atoms with Gasteiger partial charge in [-0.3, -0.25) is 19.5 Å². The topological polar surface area (TPSA) is 74.3 Å². The number of aromatic nitrogens is 1. The van der Waals surface area contributed by atoms with Gasteiger partial charge in [-0.15, -0.1) is 24.8 Å². The summed E-state index contributed by atoms with van der Waals surface area (Å²) >= 11 is 0. The highest BCUT2D eigenvalue weighted by Gasteiger charge is 2.38. The van der Waals surface area contributed by atoms with E-state index in [0.717, 1.165) is 30.5 Å². The number of carbonyl (C=O) groups is 2. The Labute approximate surface area is 177 Å². The number of pyridine rings is 1. The Morgan fingerprint density at radius 2 is 1.82 bits per heavy atom. The molecule has 2 amide bonds. The van der Waals surface area contributed by atoms with Crippen molar-refractivity contribution >= 4 is 36.6 Å². The third-order valence-electron chi connectivity index (χ3n) is 4.75. The van der Waals surface area contributed by atoms with Crippen molar-refractivity contribution in [1.29, 1.82) is 0 Å². The summed E-state index contributed by atoms with van der Waals surface area (Å²) in [5, 5.41) is 5.73. The second kappa shape index (κ2) is 11.6. The number of likely N-dealkylation sites (N-methyl/N-ethyl adjacent to an activating group) is 1. The van der Waals surface area contributed by atoms with Crippen LogP contribution < -0.4 is 10.6 Å². The van der Waals surface area contributed by atoms with Gasteiger partial charge in [-0.2, -0.15) is 0 Å². The predicted octanol–water partition coefficient (Wildman–Crippen LogP) is 2.49. The number of rotatable bonds is 6. The van der Waals surface area contributed by atoms with Gasteiger partial charge in [-0.05, 0) is 36.1 Å². The molecule has 1 aliphatic rings. The van der Waals surface area contributed by atoms with Crippen LogP contribution in [0.25, 0.3) is 0 Å². The summed E-state index contributed by atoms with van der Waals surface area (Å²) < 4.78 is 0. The number of carbonyl (C=O) groups excluding carboxylic acids is 2. The highest BCUT2D eigenvalue weighted by molar-refractivity contribution is 5.86. The molecule has 1 aliphatic heterocycles. The first-order valence-corrected chi connectivity index (χ1v) is 8.89. The van der Waals surface area contributed by atoms with E-state index in [9.17, 15) is 9.59 Å². The molecule has 8 heteroatoms. The zero-order valence-corrected chi connectivity index (χ0v) is 17.3. The van der Waals surface area contributed by atoms with Crippen molar-refractivity contribution in [1.82, 2.24) is 20.5 Å². The van der Waals surface area contributed by atoms with Gasteiger partial charge >= 0.3 is 0 Å². The average molecular weight is 425 g/mol. The van der Waals surface area contributed by atoms with Crippen LogP contribution in [0.15, 0.2) is 54.9 Å². The van der Waals surface area contributed by atoms with Gasteiger partial charge in [0.2, 0.25) is 11.8 Å². The van der Waals surface area contributed by atoms with Gasteiger partial charge in [-0.1, -0.05) is 30.3 Å². The first kappa shape index (κ1) is 23.9. The summed E-state index contributed by atoms with van der Waals surface area (Å²) in [4.78, 5) is 31.3. The number of nitrogens with zero attached hydrogens (tertiary/aromatic N) is 2. The number of halogens is 2. The smallest absolute Gasteiger partial charge is 0.241 e. The number of amides is 2. The van der Waals surface area contributed by atoms with Crippen molar-refractivity contribution in [2.75, 3.05) is 13.6 Å². The molecule has 0 spiro atoms. The van der Waals surface area contributed by atoms with Crippen LogP contribution in [0.1, 0.15) is 30.0 Å². The largest absolute Gasteiger partial charge is 0.358 e. The molecule has 0 radical (unpaired) electrons. The highest BCUT2D eigenvalue weighted by atomic mass is 35.5. The van der Waals surface area contributed by atoms with Crippen LogP contribution in [0.4, 0.5) is 0 Å². The second-order valence-electron chi connectivity index (χ2n) is 6.40. The van der Waals surface area contributed by atoms with Crippen LogP contribution in [0.2, 0.25) is 0 Å². The molecule has 2 heterocycles. The molecule has 1 aromatic heterocycles. The number of benzene rings is 1. The number of likely N-dealkylation sites (tertiary alicyclic amines) is 1. The lowest BCUT2D eigenvalue weighted by molar-refractivity contribution is -0.131. The summed E-state index contributed by atoms with van der Waals surface area (Å²) in [6, 6.07) is 12.6. The molecule has 0 saturated carbocycles. The molecule has 2 atom stereocenters. The van der Waals surface area contributed by atoms with Gasteiger partial charge in [-0.25, -0.2) is 0 Å². The summed E-state index contributed by atoms with van der Waals surface area (Å²) in [7, 11) is 1.63. The quantitative estimate of drug-likeness (QED) is 0.746. The lowest BCUT2D eigenvalue weighted by Crippen LogP contribution is -2.48. The van der Waals surface area contributed by atoms with E-state index in [1.54, 1.807) is 19.4 Å². The first-order chi connectivity index (χ1) is 12.7. The molecule has 1 aromatic carbocycles. The maximum absolute atomic E-state index is 12.8. The minimum atomic E-state index is -0.458. The zero-order valence-electron chi connectivity index (χ0n) is 15.7. The zero-order chi connectivity index (χ0) is 18.4. The standard InChI is InChI=1S/C20H24N4O2.2ClH/c1-21-20(26)18(16-6-3-2-4-7-16)24-13-5-8-17(24)19(25)23-14-15-9-11-22-12-10-15;;/h2-4,6-7,9-12,17-18H,5,8,13-14H2,1H3,(H,21,26)(H,23,25);2*1H/t17-,18+;;/m0../s1. The van der Waals surface area contributed by atoms with E-state index in [1.807, 2.05) is 47.4 Å². The molecule has 1 saturated heterocycles. The molecule has 28 heavy (non-hydrogen) atoms. The normalized spacial score (nSPS) is 17.0. The van der Waals surface area contributed by atoms with Gasteiger partial charge in [0, 0.05) is 32.5 Å². The maximum Gasteiger partial charge on any atom is 0.241 e.